The maximum atomic E-state index is 12.7. The Balaban J connectivity index is 1.69. The van der Waals surface area contributed by atoms with Gasteiger partial charge in [-0.2, -0.15) is 0 Å². The van der Waals surface area contributed by atoms with Gasteiger partial charge in [0.1, 0.15) is 11.4 Å². The van der Waals surface area contributed by atoms with Crippen LogP contribution in [0.25, 0.3) is 0 Å². The summed E-state index contributed by atoms with van der Waals surface area (Å²) in [5.74, 6) is 0.701. The molecular weight excluding hydrogens is 366 g/mol. The van der Waals surface area contributed by atoms with Gasteiger partial charge in [0.25, 0.3) is 5.91 Å². The molecule has 1 amide bonds. The molecule has 1 N–H and O–H groups in total. The zero-order valence-corrected chi connectivity index (χ0v) is 16.2. The molecule has 1 aromatic carbocycles. The van der Waals surface area contributed by atoms with Crippen LogP contribution in [0.15, 0.2) is 42.6 Å². The molecule has 2 heterocycles. The summed E-state index contributed by atoms with van der Waals surface area (Å²) >= 11 is 0. The summed E-state index contributed by atoms with van der Waals surface area (Å²) < 4.78 is 28.5. The Bertz CT molecular complexity index is 896. The second-order valence-electron chi connectivity index (χ2n) is 6.43. The highest BCUT2D eigenvalue weighted by Gasteiger charge is 2.34. The maximum Gasteiger partial charge on any atom is 0.272 e. The van der Waals surface area contributed by atoms with Crippen molar-refractivity contribution in [3.8, 4) is 5.75 Å². The second-order valence-corrected chi connectivity index (χ2v) is 8.66. The fourth-order valence-corrected chi connectivity index (χ4v) is 4.90. The van der Waals surface area contributed by atoms with E-state index in [1.165, 1.54) is 0 Å². The van der Waals surface area contributed by atoms with Crippen molar-refractivity contribution >= 4 is 27.1 Å². The van der Waals surface area contributed by atoms with Crippen molar-refractivity contribution in [2.45, 2.75) is 19.4 Å². The van der Waals surface area contributed by atoms with Crippen molar-refractivity contribution in [3.05, 3.63) is 48.3 Å². The Morgan fingerprint density at radius 3 is 2.44 bits per heavy atom. The Hall–Kier alpha value is -2.61. The molecule has 27 heavy (non-hydrogen) atoms. The van der Waals surface area contributed by atoms with E-state index in [0.717, 1.165) is 17.1 Å². The molecule has 8 heteroatoms. The van der Waals surface area contributed by atoms with E-state index in [-0.39, 0.29) is 23.5 Å². The molecule has 0 radical (unpaired) electrons. The summed E-state index contributed by atoms with van der Waals surface area (Å²) in [6, 6.07) is 10.6. The molecular formula is C19H23N3O4S. The first-order valence-electron chi connectivity index (χ1n) is 8.80. The van der Waals surface area contributed by atoms with Crippen molar-refractivity contribution in [1.29, 1.82) is 0 Å². The fraction of sp³-hybridized carbons (Fsp3) is 0.368. The predicted octanol–water partition coefficient (Wildman–Crippen LogP) is 2.48. The lowest BCUT2D eigenvalue weighted by molar-refractivity contribution is 0.0702. The first-order chi connectivity index (χ1) is 12.9. The van der Waals surface area contributed by atoms with E-state index in [0.29, 0.717) is 18.7 Å². The number of aromatic nitrogens is 1. The first kappa shape index (κ1) is 19.2. The molecule has 144 valence electrons. The molecule has 1 unspecified atom stereocenters. The minimum atomic E-state index is -3.05. The highest BCUT2D eigenvalue weighted by atomic mass is 32.2. The molecule has 0 bridgehead atoms. The van der Waals surface area contributed by atoms with Crippen LogP contribution in [0.1, 0.15) is 23.8 Å². The summed E-state index contributed by atoms with van der Waals surface area (Å²) in [5.41, 5.74) is 1.94. The van der Waals surface area contributed by atoms with Gasteiger partial charge in [0.15, 0.2) is 9.84 Å². The largest absolute Gasteiger partial charge is 0.497 e. The summed E-state index contributed by atoms with van der Waals surface area (Å²) in [5, 5.41) is 3.21. The van der Waals surface area contributed by atoms with Gasteiger partial charge in [-0.05, 0) is 49.7 Å². The van der Waals surface area contributed by atoms with Crippen LogP contribution in [0, 0.1) is 0 Å². The van der Waals surface area contributed by atoms with Gasteiger partial charge in [0.2, 0.25) is 0 Å². The molecule has 0 saturated carbocycles. The number of benzene rings is 1. The second kappa shape index (κ2) is 7.96. The monoisotopic (exact) mass is 389 g/mol. The van der Waals surface area contributed by atoms with Crippen LogP contribution >= 0.6 is 0 Å². The van der Waals surface area contributed by atoms with Crippen molar-refractivity contribution in [2.75, 3.05) is 30.5 Å². The Kier molecular flexibility index (Phi) is 5.65. The normalized spacial score (nSPS) is 18.1. The van der Waals surface area contributed by atoms with Crippen molar-refractivity contribution in [2.24, 2.45) is 0 Å². The van der Waals surface area contributed by atoms with Gasteiger partial charge in [0.05, 0.1) is 30.5 Å². The summed E-state index contributed by atoms with van der Waals surface area (Å²) in [6.45, 7) is 2.30. The third-order valence-corrected chi connectivity index (χ3v) is 6.36. The number of pyridine rings is 1. The predicted molar refractivity (Wildman–Crippen MR) is 104 cm³/mol. The number of anilines is 2. The topological polar surface area (TPSA) is 88.6 Å². The fourth-order valence-electron chi connectivity index (χ4n) is 3.17. The third kappa shape index (κ3) is 4.57. The van der Waals surface area contributed by atoms with Crippen LogP contribution in [0.2, 0.25) is 0 Å². The number of rotatable bonds is 6. The molecule has 0 spiro atoms. The van der Waals surface area contributed by atoms with Crippen molar-refractivity contribution in [3.63, 3.8) is 0 Å². The Labute approximate surface area is 159 Å². The van der Waals surface area contributed by atoms with E-state index in [9.17, 15) is 13.2 Å². The number of hydrogen-bond acceptors (Lipinski definition) is 6. The van der Waals surface area contributed by atoms with Gasteiger partial charge in [-0.1, -0.05) is 0 Å². The number of carbonyl (C=O) groups is 1. The number of nitrogens with zero attached hydrogens (tertiary/aromatic N) is 2. The standard InChI is InChI=1S/C19H23N3O4S/c1-3-22(16-10-11-27(24,25)13-16)19(23)18-9-6-15(12-20-18)21-14-4-7-17(26-2)8-5-14/h4-9,12,16,21H,3,10-11,13H2,1-2H3. The van der Waals surface area contributed by atoms with Gasteiger partial charge in [0, 0.05) is 18.3 Å². The molecule has 1 aliphatic rings. The molecule has 1 saturated heterocycles. The van der Waals surface area contributed by atoms with Gasteiger partial charge in [-0.3, -0.25) is 4.79 Å². The van der Waals surface area contributed by atoms with Crippen LogP contribution in [-0.2, 0) is 9.84 Å². The lowest BCUT2D eigenvalue weighted by atomic mass is 10.2. The number of methoxy groups -OCH3 is 1. The highest BCUT2D eigenvalue weighted by Crippen LogP contribution is 2.22. The minimum absolute atomic E-state index is 0.0314. The lowest BCUT2D eigenvalue weighted by Gasteiger charge is -2.26. The van der Waals surface area contributed by atoms with Crippen LogP contribution in [0.5, 0.6) is 5.75 Å². The zero-order valence-electron chi connectivity index (χ0n) is 15.4. The Morgan fingerprint density at radius 1 is 1.22 bits per heavy atom. The van der Waals surface area contributed by atoms with E-state index in [4.69, 9.17) is 4.74 Å². The van der Waals surface area contributed by atoms with Gasteiger partial charge < -0.3 is 15.0 Å². The van der Waals surface area contributed by atoms with E-state index in [1.54, 1.807) is 30.3 Å². The van der Waals surface area contributed by atoms with Gasteiger partial charge in [-0.15, -0.1) is 0 Å². The summed E-state index contributed by atoms with van der Waals surface area (Å²) in [6.07, 6.45) is 2.08. The Morgan fingerprint density at radius 2 is 1.93 bits per heavy atom. The molecule has 7 nitrogen and oxygen atoms in total. The number of sulfone groups is 1. The first-order valence-corrected chi connectivity index (χ1v) is 10.6. The quantitative estimate of drug-likeness (QED) is 0.817. The van der Waals surface area contributed by atoms with Crippen LogP contribution < -0.4 is 10.1 Å². The zero-order chi connectivity index (χ0) is 19.4. The number of ether oxygens (including phenoxy) is 1. The average Bonchev–Trinajstić information content (AvgIpc) is 3.03. The number of carbonyl (C=O) groups excluding carboxylic acids is 1. The van der Waals surface area contributed by atoms with Crippen molar-refractivity contribution in [1.82, 2.24) is 9.88 Å². The van der Waals surface area contributed by atoms with Crippen LogP contribution in [0.4, 0.5) is 11.4 Å². The SMILES string of the molecule is CCN(C(=O)c1ccc(Nc2ccc(OC)cc2)cn1)C1CCS(=O)(=O)C1. The molecule has 1 fully saturated rings. The van der Waals surface area contributed by atoms with Gasteiger partial charge in [-0.25, -0.2) is 13.4 Å². The summed E-state index contributed by atoms with van der Waals surface area (Å²) in [7, 11) is -1.43. The van der Waals surface area contributed by atoms with E-state index in [1.807, 2.05) is 31.2 Å². The molecule has 1 atom stereocenters. The van der Waals surface area contributed by atoms with Gasteiger partial charge >= 0.3 is 0 Å². The average molecular weight is 389 g/mol. The smallest absolute Gasteiger partial charge is 0.272 e. The van der Waals surface area contributed by atoms with Crippen molar-refractivity contribution < 1.29 is 17.9 Å². The van der Waals surface area contributed by atoms with Crippen LogP contribution in [0.3, 0.4) is 0 Å². The molecule has 1 aromatic heterocycles. The molecule has 2 aromatic rings. The summed E-state index contributed by atoms with van der Waals surface area (Å²) in [4.78, 5) is 18.6. The lowest BCUT2D eigenvalue weighted by Crippen LogP contribution is -2.41. The molecule has 3 rings (SSSR count). The number of amides is 1. The highest BCUT2D eigenvalue weighted by molar-refractivity contribution is 7.91. The van der Waals surface area contributed by atoms with E-state index >= 15 is 0 Å². The molecule has 1 aliphatic heterocycles. The maximum absolute atomic E-state index is 12.7. The molecule has 0 aliphatic carbocycles. The van der Waals surface area contributed by atoms with E-state index in [2.05, 4.69) is 10.3 Å². The van der Waals surface area contributed by atoms with Crippen LogP contribution in [-0.4, -0.2) is 55.4 Å². The third-order valence-electron chi connectivity index (χ3n) is 4.61. The minimum Gasteiger partial charge on any atom is -0.497 e. The number of nitrogens with one attached hydrogen (secondary N) is 1. The number of hydrogen-bond donors (Lipinski definition) is 1. The van der Waals surface area contributed by atoms with E-state index < -0.39 is 9.84 Å².